The average Bonchev–Trinajstić information content (AvgIpc) is 2.34. The van der Waals surface area contributed by atoms with Crippen LogP contribution in [0.2, 0.25) is 0 Å². The molecule has 0 saturated carbocycles. The van der Waals surface area contributed by atoms with Crippen molar-refractivity contribution in [3.05, 3.63) is 0 Å². The second-order valence-corrected chi connectivity index (χ2v) is 5.88. The molecule has 1 saturated heterocycles. The minimum absolute atomic E-state index is 0.362. The van der Waals surface area contributed by atoms with Gasteiger partial charge in [0.05, 0.1) is 0 Å². The van der Waals surface area contributed by atoms with Gasteiger partial charge in [0.1, 0.15) is 0 Å². The molecule has 0 bridgehead atoms. The van der Waals surface area contributed by atoms with Crippen LogP contribution in [0.25, 0.3) is 0 Å². The number of hydrogen-bond acceptors (Lipinski definition) is 2. The zero-order valence-corrected chi connectivity index (χ0v) is 12.2. The lowest BCUT2D eigenvalue weighted by molar-refractivity contribution is 0.137. The van der Waals surface area contributed by atoms with Gasteiger partial charge in [0.2, 0.25) is 0 Å². The Morgan fingerprint density at radius 1 is 1.06 bits per heavy atom. The van der Waals surface area contributed by atoms with E-state index in [9.17, 15) is 0 Å². The Labute approximate surface area is 108 Å². The van der Waals surface area contributed by atoms with Gasteiger partial charge in [-0.3, -0.25) is 0 Å². The average molecular weight is 240 g/mol. The Kier molecular flexibility index (Phi) is 7.14. The third-order valence-corrected chi connectivity index (χ3v) is 4.16. The summed E-state index contributed by atoms with van der Waals surface area (Å²) in [5.74, 6) is 0. The van der Waals surface area contributed by atoms with Crippen molar-refractivity contribution >= 4 is 0 Å². The lowest BCUT2D eigenvalue weighted by atomic mass is 9.95. The summed E-state index contributed by atoms with van der Waals surface area (Å²) in [5, 5.41) is 3.65. The van der Waals surface area contributed by atoms with E-state index in [4.69, 9.17) is 0 Å². The maximum atomic E-state index is 3.65. The third kappa shape index (κ3) is 5.87. The first-order valence-corrected chi connectivity index (χ1v) is 7.67. The Morgan fingerprint density at radius 2 is 1.76 bits per heavy atom. The molecule has 1 heterocycles. The Balaban J connectivity index is 2.06. The minimum Gasteiger partial charge on any atom is -0.309 e. The molecule has 0 spiro atoms. The van der Waals surface area contributed by atoms with Crippen molar-refractivity contribution < 1.29 is 0 Å². The van der Waals surface area contributed by atoms with Crippen LogP contribution in [0.4, 0.5) is 0 Å². The van der Waals surface area contributed by atoms with E-state index in [0.29, 0.717) is 5.54 Å². The van der Waals surface area contributed by atoms with Gasteiger partial charge in [0.25, 0.3) is 0 Å². The minimum atomic E-state index is 0.362. The van der Waals surface area contributed by atoms with Crippen molar-refractivity contribution in [3.63, 3.8) is 0 Å². The van der Waals surface area contributed by atoms with E-state index in [1.165, 1.54) is 71.1 Å². The predicted molar refractivity (Wildman–Crippen MR) is 76.5 cm³/mol. The normalized spacial score (nSPS) is 26.3. The molecule has 0 radical (unpaired) electrons. The monoisotopic (exact) mass is 240 g/mol. The molecule has 0 aromatic carbocycles. The summed E-state index contributed by atoms with van der Waals surface area (Å²) < 4.78 is 0. The van der Waals surface area contributed by atoms with Gasteiger partial charge in [-0.2, -0.15) is 0 Å². The summed E-state index contributed by atoms with van der Waals surface area (Å²) in [6.45, 7) is 11.9. The molecule has 17 heavy (non-hydrogen) atoms. The summed E-state index contributed by atoms with van der Waals surface area (Å²) in [6.07, 6.45) is 9.69. The fraction of sp³-hybridized carbons (Fsp3) is 1.00. The fourth-order valence-corrected chi connectivity index (χ4v) is 2.69. The number of piperazine rings is 1. The second kappa shape index (κ2) is 8.10. The molecule has 1 aliphatic heterocycles. The van der Waals surface area contributed by atoms with Crippen LogP contribution < -0.4 is 5.32 Å². The molecule has 0 aliphatic carbocycles. The molecule has 2 heteroatoms. The van der Waals surface area contributed by atoms with Gasteiger partial charge in [-0.05, 0) is 26.3 Å². The van der Waals surface area contributed by atoms with Crippen molar-refractivity contribution in [2.45, 2.75) is 71.3 Å². The molecule has 1 atom stereocenters. The van der Waals surface area contributed by atoms with Crippen LogP contribution in [0.15, 0.2) is 0 Å². The highest BCUT2D eigenvalue weighted by Crippen LogP contribution is 2.16. The molecule has 102 valence electrons. The van der Waals surface area contributed by atoms with Crippen LogP contribution in [-0.2, 0) is 0 Å². The maximum absolute atomic E-state index is 3.65. The first-order valence-electron chi connectivity index (χ1n) is 7.67. The van der Waals surface area contributed by atoms with Gasteiger partial charge in [-0.15, -0.1) is 0 Å². The number of nitrogens with zero attached hydrogens (tertiary/aromatic N) is 1. The van der Waals surface area contributed by atoms with Gasteiger partial charge < -0.3 is 10.2 Å². The maximum Gasteiger partial charge on any atom is 0.0278 e. The highest BCUT2D eigenvalue weighted by atomic mass is 15.2. The van der Waals surface area contributed by atoms with Crippen LogP contribution in [0, 0.1) is 0 Å². The van der Waals surface area contributed by atoms with Crippen molar-refractivity contribution in [2.75, 3.05) is 26.2 Å². The third-order valence-electron chi connectivity index (χ3n) is 4.16. The highest BCUT2D eigenvalue weighted by molar-refractivity contribution is 4.89. The molecule has 2 nitrogen and oxygen atoms in total. The molecule has 1 N–H and O–H groups in total. The van der Waals surface area contributed by atoms with Crippen LogP contribution in [0.1, 0.15) is 65.7 Å². The van der Waals surface area contributed by atoms with E-state index in [-0.39, 0.29) is 0 Å². The topological polar surface area (TPSA) is 15.3 Å². The van der Waals surface area contributed by atoms with E-state index < -0.39 is 0 Å². The lowest BCUT2D eigenvalue weighted by Crippen LogP contribution is -2.58. The van der Waals surface area contributed by atoms with Crippen LogP contribution in [0.3, 0.4) is 0 Å². The molecule has 1 rings (SSSR count). The van der Waals surface area contributed by atoms with Crippen molar-refractivity contribution in [1.29, 1.82) is 0 Å². The van der Waals surface area contributed by atoms with Gasteiger partial charge >= 0.3 is 0 Å². The number of nitrogens with one attached hydrogen (secondary N) is 1. The fourth-order valence-electron chi connectivity index (χ4n) is 2.69. The molecule has 0 aromatic rings. The standard InChI is InChI=1S/C15H32N2/c1-4-6-7-8-9-10-12-17-13-11-16-15(3,5-2)14-17/h16H,4-14H2,1-3H3. The van der Waals surface area contributed by atoms with Gasteiger partial charge in [0, 0.05) is 25.2 Å². The van der Waals surface area contributed by atoms with E-state index in [1.54, 1.807) is 0 Å². The van der Waals surface area contributed by atoms with Gasteiger partial charge in [0.15, 0.2) is 0 Å². The quantitative estimate of drug-likeness (QED) is 0.654. The summed E-state index contributed by atoms with van der Waals surface area (Å²) in [6, 6.07) is 0. The smallest absolute Gasteiger partial charge is 0.0278 e. The summed E-state index contributed by atoms with van der Waals surface area (Å²) >= 11 is 0. The Hall–Kier alpha value is -0.0800. The van der Waals surface area contributed by atoms with Crippen LogP contribution in [0.5, 0.6) is 0 Å². The van der Waals surface area contributed by atoms with Gasteiger partial charge in [-0.25, -0.2) is 0 Å². The second-order valence-electron chi connectivity index (χ2n) is 5.88. The summed E-state index contributed by atoms with van der Waals surface area (Å²) in [5.41, 5.74) is 0.362. The molecule has 1 unspecified atom stereocenters. The largest absolute Gasteiger partial charge is 0.309 e. The Morgan fingerprint density at radius 3 is 2.47 bits per heavy atom. The Bertz CT molecular complexity index is 193. The molecule has 0 amide bonds. The zero-order valence-electron chi connectivity index (χ0n) is 12.2. The zero-order chi connectivity index (χ0) is 12.6. The van der Waals surface area contributed by atoms with Crippen LogP contribution in [-0.4, -0.2) is 36.6 Å². The van der Waals surface area contributed by atoms with E-state index in [1.807, 2.05) is 0 Å². The van der Waals surface area contributed by atoms with Gasteiger partial charge in [-0.1, -0.05) is 46.0 Å². The first-order chi connectivity index (χ1) is 8.20. The molecular weight excluding hydrogens is 208 g/mol. The van der Waals surface area contributed by atoms with E-state index in [2.05, 4.69) is 31.0 Å². The highest BCUT2D eigenvalue weighted by Gasteiger charge is 2.27. The van der Waals surface area contributed by atoms with E-state index in [0.717, 1.165) is 0 Å². The lowest BCUT2D eigenvalue weighted by Gasteiger charge is -2.41. The number of rotatable bonds is 8. The van der Waals surface area contributed by atoms with Crippen molar-refractivity contribution in [1.82, 2.24) is 10.2 Å². The summed E-state index contributed by atoms with van der Waals surface area (Å²) in [4.78, 5) is 2.65. The molecule has 1 fully saturated rings. The predicted octanol–water partition coefficient (Wildman–Crippen LogP) is 3.42. The molecular formula is C15H32N2. The van der Waals surface area contributed by atoms with Crippen LogP contribution >= 0.6 is 0 Å². The number of unbranched alkanes of at least 4 members (excludes halogenated alkanes) is 5. The number of hydrogen-bond donors (Lipinski definition) is 1. The van der Waals surface area contributed by atoms with Crippen molar-refractivity contribution in [3.8, 4) is 0 Å². The summed E-state index contributed by atoms with van der Waals surface area (Å²) in [7, 11) is 0. The molecule has 0 aromatic heterocycles. The molecule has 1 aliphatic rings. The van der Waals surface area contributed by atoms with E-state index >= 15 is 0 Å². The van der Waals surface area contributed by atoms with Crippen molar-refractivity contribution in [2.24, 2.45) is 0 Å². The first kappa shape index (κ1) is 15.0. The SMILES string of the molecule is CCCCCCCCN1CCNC(C)(CC)C1.